The number of aromatic nitrogens is 3. The normalized spacial score (nSPS) is 15.2. The molecule has 3 rings (SSSR count). The number of alkyl halides is 3. The number of piperazine rings is 1. The fourth-order valence-electron chi connectivity index (χ4n) is 2.66. The average molecular weight is 367 g/mol. The van der Waals surface area contributed by atoms with Gasteiger partial charge in [0.25, 0.3) is 11.5 Å². The fourth-order valence-corrected chi connectivity index (χ4v) is 2.66. The molecule has 0 aliphatic carbocycles. The maximum atomic E-state index is 12.6. The molecule has 0 N–H and O–H groups in total. The molecule has 7 nitrogen and oxygen atoms in total. The van der Waals surface area contributed by atoms with Gasteiger partial charge in [0.2, 0.25) is 0 Å². The molecule has 1 saturated heterocycles. The molecular formula is C16H16F3N5O2. The lowest BCUT2D eigenvalue weighted by Gasteiger charge is -2.35. The van der Waals surface area contributed by atoms with Crippen LogP contribution in [0.3, 0.4) is 0 Å². The van der Waals surface area contributed by atoms with Gasteiger partial charge < -0.3 is 9.80 Å². The SMILES string of the molecule is Cn1nc(C(=O)N2CCN(c3ccc(C(F)(F)F)cn3)CC2)ccc1=O. The third-order valence-electron chi connectivity index (χ3n) is 4.15. The van der Waals surface area contributed by atoms with Gasteiger partial charge in [-0.1, -0.05) is 0 Å². The lowest BCUT2D eigenvalue weighted by molar-refractivity contribution is -0.137. The molecule has 1 amide bonds. The molecule has 2 aromatic heterocycles. The molecule has 1 aliphatic heterocycles. The minimum absolute atomic E-state index is 0.174. The highest BCUT2D eigenvalue weighted by atomic mass is 19.4. The van der Waals surface area contributed by atoms with Crippen molar-refractivity contribution >= 4 is 11.7 Å². The van der Waals surface area contributed by atoms with Crippen LogP contribution < -0.4 is 10.5 Å². The van der Waals surface area contributed by atoms with Crippen LogP contribution in [0.15, 0.2) is 35.3 Å². The van der Waals surface area contributed by atoms with Gasteiger partial charge in [-0.2, -0.15) is 18.3 Å². The highest BCUT2D eigenvalue weighted by Gasteiger charge is 2.31. The number of hydrogen-bond donors (Lipinski definition) is 0. The second-order valence-electron chi connectivity index (χ2n) is 5.86. The molecule has 0 atom stereocenters. The van der Waals surface area contributed by atoms with Crippen molar-refractivity contribution in [3.05, 3.63) is 52.1 Å². The zero-order valence-corrected chi connectivity index (χ0v) is 13.9. The molecular weight excluding hydrogens is 351 g/mol. The van der Waals surface area contributed by atoms with Gasteiger partial charge in [0.05, 0.1) is 5.56 Å². The Kier molecular flexibility index (Phi) is 4.66. The molecule has 0 unspecified atom stereocenters. The van der Waals surface area contributed by atoms with Gasteiger partial charge in [0.1, 0.15) is 11.5 Å². The van der Waals surface area contributed by atoms with E-state index in [4.69, 9.17) is 0 Å². The van der Waals surface area contributed by atoms with Gasteiger partial charge in [0.15, 0.2) is 0 Å². The number of aryl methyl sites for hydroxylation is 1. The van der Waals surface area contributed by atoms with E-state index in [0.717, 1.165) is 16.9 Å². The fraction of sp³-hybridized carbons (Fsp3) is 0.375. The Morgan fingerprint density at radius 2 is 1.77 bits per heavy atom. The largest absolute Gasteiger partial charge is 0.417 e. The van der Waals surface area contributed by atoms with E-state index in [9.17, 15) is 22.8 Å². The zero-order chi connectivity index (χ0) is 18.9. The first-order valence-corrected chi connectivity index (χ1v) is 7.87. The molecule has 1 aliphatic rings. The van der Waals surface area contributed by atoms with E-state index in [1.165, 1.54) is 25.2 Å². The molecule has 26 heavy (non-hydrogen) atoms. The zero-order valence-electron chi connectivity index (χ0n) is 13.9. The van der Waals surface area contributed by atoms with Gasteiger partial charge in [-0.3, -0.25) is 9.59 Å². The van der Waals surface area contributed by atoms with Gasteiger partial charge in [0, 0.05) is 45.5 Å². The topological polar surface area (TPSA) is 71.3 Å². The molecule has 10 heteroatoms. The smallest absolute Gasteiger partial charge is 0.353 e. The van der Waals surface area contributed by atoms with Crippen LogP contribution in [0.2, 0.25) is 0 Å². The van der Waals surface area contributed by atoms with Crippen molar-refractivity contribution in [2.24, 2.45) is 7.05 Å². The van der Waals surface area contributed by atoms with E-state index >= 15 is 0 Å². The summed E-state index contributed by atoms with van der Waals surface area (Å²) in [5.41, 5.74) is -0.927. The third-order valence-corrected chi connectivity index (χ3v) is 4.15. The lowest BCUT2D eigenvalue weighted by atomic mass is 10.2. The lowest BCUT2D eigenvalue weighted by Crippen LogP contribution is -2.49. The Hall–Kier alpha value is -2.91. The number of pyridine rings is 1. The minimum Gasteiger partial charge on any atom is -0.353 e. The van der Waals surface area contributed by atoms with Gasteiger partial charge in [-0.05, 0) is 18.2 Å². The average Bonchev–Trinajstić information content (AvgIpc) is 2.63. The van der Waals surface area contributed by atoms with Crippen LogP contribution >= 0.6 is 0 Å². The van der Waals surface area contributed by atoms with Crippen LogP contribution in [-0.4, -0.2) is 51.8 Å². The summed E-state index contributed by atoms with van der Waals surface area (Å²) in [6.45, 7) is 1.64. The van der Waals surface area contributed by atoms with Crippen molar-refractivity contribution in [2.45, 2.75) is 6.18 Å². The van der Waals surface area contributed by atoms with Gasteiger partial charge >= 0.3 is 6.18 Å². The minimum atomic E-state index is -4.42. The van der Waals surface area contributed by atoms with Crippen molar-refractivity contribution in [2.75, 3.05) is 31.1 Å². The molecule has 0 spiro atoms. The predicted octanol–water partition coefficient (Wildman–Crippen LogP) is 1.16. The molecule has 1 fully saturated rings. The number of halogens is 3. The monoisotopic (exact) mass is 367 g/mol. The maximum absolute atomic E-state index is 12.6. The number of anilines is 1. The second-order valence-corrected chi connectivity index (χ2v) is 5.86. The highest BCUT2D eigenvalue weighted by Crippen LogP contribution is 2.29. The number of nitrogens with zero attached hydrogens (tertiary/aromatic N) is 5. The van der Waals surface area contributed by atoms with Crippen molar-refractivity contribution in [1.29, 1.82) is 0 Å². The summed E-state index contributed by atoms with van der Waals surface area (Å²) in [4.78, 5) is 31.1. The van der Waals surface area contributed by atoms with E-state index in [1.54, 1.807) is 4.90 Å². The highest BCUT2D eigenvalue weighted by molar-refractivity contribution is 5.92. The Labute approximate surface area is 146 Å². The van der Waals surface area contributed by atoms with E-state index in [1.807, 2.05) is 4.90 Å². The molecule has 0 radical (unpaired) electrons. The van der Waals surface area contributed by atoms with Gasteiger partial charge in [-0.25, -0.2) is 9.67 Å². The third kappa shape index (κ3) is 3.68. The quantitative estimate of drug-likeness (QED) is 0.797. The Morgan fingerprint density at radius 3 is 2.31 bits per heavy atom. The maximum Gasteiger partial charge on any atom is 0.417 e. The Morgan fingerprint density at radius 1 is 1.08 bits per heavy atom. The molecule has 0 saturated carbocycles. The first-order chi connectivity index (χ1) is 12.3. The van der Waals surface area contributed by atoms with Crippen LogP contribution in [0.25, 0.3) is 0 Å². The summed E-state index contributed by atoms with van der Waals surface area (Å²) < 4.78 is 38.9. The van der Waals surface area contributed by atoms with Gasteiger partial charge in [-0.15, -0.1) is 0 Å². The molecule has 3 heterocycles. The first-order valence-electron chi connectivity index (χ1n) is 7.87. The number of carbonyl (C=O) groups is 1. The number of carbonyl (C=O) groups excluding carboxylic acids is 1. The van der Waals surface area contributed by atoms with Crippen LogP contribution in [-0.2, 0) is 13.2 Å². The summed E-state index contributed by atoms with van der Waals surface area (Å²) >= 11 is 0. The van der Waals surface area contributed by atoms with Crippen LogP contribution in [0.1, 0.15) is 16.1 Å². The molecule has 0 bridgehead atoms. The van der Waals surface area contributed by atoms with Crippen LogP contribution in [0.5, 0.6) is 0 Å². The molecule has 2 aromatic rings. The molecule has 138 valence electrons. The van der Waals surface area contributed by atoms with Crippen LogP contribution in [0, 0.1) is 0 Å². The number of amides is 1. The predicted molar refractivity (Wildman–Crippen MR) is 86.8 cm³/mol. The van der Waals surface area contributed by atoms with E-state index in [2.05, 4.69) is 10.1 Å². The van der Waals surface area contributed by atoms with E-state index in [-0.39, 0.29) is 17.2 Å². The van der Waals surface area contributed by atoms with Crippen molar-refractivity contribution in [1.82, 2.24) is 19.7 Å². The van der Waals surface area contributed by atoms with Crippen LogP contribution in [0.4, 0.5) is 19.0 Å². The van der Waals surface area contributed by atoms with Crippen molar-refractivity contribution in [3.63, 3.8) is 0 Å². The number of rotatable bonds is 2. The summed E-state index contributed by atoms with van der Waals surface area (Å²) in [6, 6.07) is 4.99. The second kappa shape index (κ2) is 6.77. The summed E-state index contributed by atoms with van der Waals surface area (Å²) in [5, 5.41) is 3.94. The standard InChI is InChI=1S/C16H16F3N5O2/c1-22-14(25)5-3-12(21-22)15(26)24-8-6-23(7-9-24)13-4-2-11(10-20-13)16(17,18)19/h2-5,10H,6-9H2,1H3. The van der Waals surface area contributed by atoms with Crippen molar-refractivity contribution in [3.8, 4) is 0 Å². The van der Waals surface area contributed by atoms with E-state index in [0.29, 0.717) is 32.0 Å². The summed E-state index contributed by atoms with van der Waals surface area (Å²) in [7, 11) is 1.47. The number of hydrogen-bond acceptors (Lipinski definition) is 5. The van der Waals surface area contributed by atoms with Crippen molar-refractivity contribution < 1.29 is 18.0 Å². The first kappa shape index (κ1) is 17.9. The summed E-state index contributed by atoms with van der Waals surface area (Å²) in [5.74, 6) is 0.144. The Bertz CT molecular complexity index is 855. The summed E-state index contributed by atoms with van der Waals surface area (Å²) in [6.07, 6.45) is -3.61. The Balaban J connectivity index is 1.64. The van der Waals surface area contributed by atoms with E-state index < -0.39 is 11.7 Å². The molecule has 0 aromatic carbocycles.